The molecule has 0 spiro atoms. The van der Waals surface area contributed by atoms with Gasteiger partial charge in [-0.1, -0.05) is 29.8 Å². The van der Waals surface area contributed by atoms with Crippen molar-refractivity contribution in [3.05, 3.63) is 53.6 Å². The van der Waals surface area contributed by atoms with Crippen molar-refractivity contribution in [2.75, 3.05) is 28.2 Å². The molecule has 5 nitrogen and oxygen atoms in total. The molecule has 140 valence electrons. The van der Waals surface area contributed by atoms with E-state index in [1.54, 1.807) is 4.90 Å². The number of hydrogen-bond donors (Lipinski definition) is 1. The lowest BCUT2D eigenvalue weighted by Crippen LogP contribution is -2.46. The summed E-state index contributed by atoms with van der Waals surface area (Å²) in [4.78, 5) is 29.4. The standard InChI is InChI=1S/C22H25N3O2/c1-15-9-10-19-17(12-15)6-5-11-24(19)14-22(27)25-16(2)13-21(26)23-18-7-3-4-8-20(18)25/h3-4,7-10,12,16H,5-6,11,13-14H2,1-2H3,(H,23,26)/t16-/m1/s1. The Hall–Kier alpha value is -2.82. The van der Waals surface area contributed by atoms with Crippen LogP contribution in [0.3, 0.4) is 0 Å². The van der Waals surface area contributed by atoms with Crippen LogP contribution in [-0.4, -0.2) is 30.9 Å². The predicted octanol–water partition coefficient (Wildman–Crippen LogP) is 3.51. The molecule has 1 atom stereocenters. The summed E-state index contributed by atoms with van der Waals surface area (Å²) in [5, 5.41) is 2.92. The molecule has 2 amide bonds. The van der Waals surface area contributed by atoms with Crippen molar-refractivity contribution in [2.24, 2.45) is 0 Å². The summed E-state index contributed by atoms with van der Waals surface area (Å²) >= 11 is 0. The minimum atomic E-state index is -0.177. The Morgan fingerprint density at radius 1 is 1.19 bits per heavy atom. The Balaban J connectivity index is 1.63. The molecule has 4 rings (SSSR count). The predicted molar refractivity (Wildman–Crippen MR) is 108 cm³/mol. The molecule has 2 aromatic carbocycles. The third-order valence-corrected chi connectivity index (χ3v) is 5.40. The molecule has 0 aliphatic carbocycles. The van der Waals surface area contributed by atoms with Gasteiger partial charge < -0.3 is 15.1 Å². The summed E-state index contributed by atoms with van der Waals surface area (Å²) in [6, 6.07) is 13.8. The van der Waals surface area contributed by atoms with Gasteiger partial charge in [0.05, 0.1) is 17.9 Å². The van der Waals surface area contributed by atoms with E-state index in [1.165, 1.54) is 11.1 Å². The number of benzene rings is 2. The van der Waals surface area contributed by atoms with E-state index >= 15 is 0 Å². The molecule has 0 aromatic heterocycles. The second-order valence-electron chi connectivity index (χ2n) is 7.54. The van der Waals surface area contributed by atoms with Gasteiger partial charge in [-0.2, -0.15) is 0 Å². The molecule has 2 aromatic rings. The van der Waals surface area contributed by atoms with Gasteiger partial charge in [-0.25, -0.2) is 0 Å². The molecule has 0 radical (unpaired) electrons. The van der Waals surface area contributed by atoms with Crippen molar-refractivity contribution in [3.63, 3.8) is 0 Å². The number of para-hydroxylation sites is 2. The van der Waals surface area contributed by atoms with Gasteiger partial charge in [0.2, 0.25) is 11.8 Å². The van der Waals surface area contributed by atoms with Gasteiger partial charge in [-0.05, 0) is 50.5 Å². The molecular formula is C22H25N3O2. The fourth-order valence-corrected chi connectivity index (χ4v) is 4.18. The number of hydrogen-bond acceptors (Lipinski definition) is 3. The van der Waals surface area contributed by atoms with Gasteiger partial charge in [0.15, 0.2) is 0 Å². The van der Waals surface area contributed by atoms with Crippen molar-refractivity contribution >= 4 is 28.9 Å². The van der Waals surface area contributed by atoms with Crippen molar-refractivity contribution in [3.8, 4) is 0 Å². The quantitative estimate of drug-likeness (QED) is 0.888. The topological polar surface area (TPSA) is 52.7 Å². The monoisotopic (exact) mass is 363 g/mol. The van der Waals surface area contributed by atoms with Crippen molar-refractivity contribution in [1.82, 2.24) is 0 Å². The molecule has 0 fully saturated rings. The molecular weight excluding hydrogens is 338 g/mol. The largest absolute Gasteiger partial charge is 0.362 e. The van der Waals surface area contributed by atoms with E-state index in [2.05, 4.69) is 35.3 Å². The van der Waals surface area contributed by atoms with Gasteiger partial charge in [-0.15, -0.1) is 0 Å². The van der Waals surface area contributed by atoms with Crippen LogP contribution >= 0.6 is 0 Å². The van der Waals surface area contributed by atoms with Crippen molar-refractivity contribution < 1.29 is 9.59 Å². The number of nitrogens with one attached hydrogen (secondary N) is 1. The minimum absolute atomic E-state index is 0.0277. The maximum atomic E-state index is 13.3. The SMILES string of the molecule is Cc1ccc2c(c1)CCCN2CC(=O)N1c2ccccc2NC(=O)C[C@H]1C. The first-order valence-corrected chi connectivity index (χ1v) is 9.58. The van der Waals surface area contributed by atoms with Crippen molar-refractivity contribution in [2.45, 2.75) is 39.2 Å². The summed E-state index contributed by atoms with van der Waals surface area (Å²) in [5.74, 6) is -0.0241. The molecule has 2 aliphatic rings. The molecule has 2 heterocycles. The molecule has 0 bridgehead atoms. The van der Waals surface area contributed by atoms with Crippen molar-refractivity contribution in [1.29, 1.82) is 0 Å². The zero-order valence-corrected chi connectivity index (χ0v) is 15.9. The number of fused-ring (bicyclic) bond motifs is 2. The van der Waals surface area contributed by atoms with E-state index in [0.29, 0.717) is 18.7 Å². The summed E-state index contributed by atoms with van der Waals surface area (Å²) in [7, 11) is 0. The average molecular weight is 363 g/mol. The van der Waals surface area contributed by atoms with Crippen LogP contribution in [0.1, 0.15) is 30.9 Å². The smallest absolute Gasteiger partial charge is 0.246 e. The summed E-state index contributed by atoms with van der Waals surface area (Å²) in [5.41, 5.74) is 5.21. The number of aryl methyl sites for hydroxylation is 2. The lowest BCUT2D eigenvalue weighted by Gasteiger charge is -2.34. The van der Waals surface area contributed by atoms with Crippen LogP contribution in [0.15, 0.2) is 42.5 Å². The van der Waals surface area contributed by atoms with E-state index in [1.807, 2.05) is 31.2 Å². The van der Waals surface area contributed by atoms with Crippen LogP contribution < -0.4 is 15.1 Å². The van der Waals surface area contributed by atoms with Crippen LogP contribution in [0.25, 0.3) is 0 Å². The molecule has 0 unspecified atom stereocenters. The molecule has 2 aliphatic heterocycles. The second kappa shape index (κ2) is 7.06. The lowest BCUT2D eigenvalue weighted by molar-refractivity contribution is -0.118. The molecule has 5 heteroatoms. The fourth-order valence-electron chi connectivity index (χ4n) is 4.18. The van der Waals surface area contributed by atoms with E-state index in [0.717, 1.165) is 30.8 Å². The Kier molecular flexibility index (Phi) is 4.60. The molecule has 0 saturated heterocycles. The van der Waals surface area contributed by atoms with Gasteiger partial charge in [0, 0.05) is 24.7 Å². The average Bonchev–Trinajstić information content (AvgIpc) is 2.75. The van der Waals surface area contributed by atoms with Gasteiger partial charge >= 0.3 is 0 Å². The molecule has 0 saturated carbocycles. The van der Waals surface area contributed by atoms with Crippen LogP contribution in [-0.2, 0) is 16.0 Å². The summed E-state index contributed by atoms with van der Waals surface area (Å²) < 4.78 is 0. The first-order chi connectivity index (χ1) is 13.0. The van der Waals surface area contributed by atoms with E-state index in [-0.39, 0.29) is 17.9 Å². The highest BCUT2D eigenvalue weighted by molar-refractivity contribution is 6.05. The highest BCUT2D eigenvalue weighted by Gasteiger charge is 2.31. The molecule has 1 N–H and O–H groups in total. The minimum Gasteiger partial charge on any atom is -0.362 e. The fraction of sp³-hybridized carbons (Fsp3) is 0.364. The third kappa shape index (κ3) is 3.42. The van der Waals surface area contributed by atoms with E-state index in [4.69, 9.17) is 0 Å². The summed E-state index contributed by atoms with van der Waals surface area (Å²) in [6.45, 7) is 5.24. The highest BCUT2D eigenvalue weighted by Crippen LogP contribution is 2.33. The second-order valence-corrected chi connectivity index (χ2v) is 7.54. The number of nitrogens with zero attached hydrogens (tertiary/aromatic N) is 2. The van der Waals surface area contributed by atoms with Crippen LogP contribution in [0.4, 0.5) is 17.1 Å². The summed E-state index contributed by atoms with van der Waals surface area (Å²) in [6.07, 6.45) is 2.41. The van der Waals surface area contributed by atoms with E-state index < -0.39 is 0 Å². The number of amides is 2. The number of rotatable bonds is 2. The number of carbonyl (C=O) groups excluding carboxylic acids is 2. The Morgan fingerprint density at radius 2 is 2.00 bits per heavy atom. The number of carbonyl (C=O) groups is 2. The van der Waals surface area contributed by atoms with Gasteiger partial charge in [0.1, 0.15) is 0 Å². The Bertz CT molecular complexity index is 893. The highest BCUT2D eigenvalue weighted by atomic mass is 16.2. The third-order valence-electron chi connectivity index (χ3n) is 5.40. The lowest BCUT2D eigenvalue weighted by atomic mass is 9.99. The van der Waals surface area contributed by atoms with E-state index in [9.17, 15) is 9.59 Å². The number of anilines is 3. The normalized spacial score (nSPS) is 19.0. The Labute approximate surface area is 160 Å². The molecule has 27 heavy (non-hydrogen) atoms. The van der Waals surface area contributed by atoms with Gasteiger partial charge in [0.25, 0.3) is 0 Å². The zero-order valence-electron chi connectivity index (χ0n) is 15.9. The van der Waals surface area contributed by atoms with Crippen LogP contribution in [0, 0.1) is 6.92 Å². The first kappa shape index (κ1) is 17.6. The zero-order chi connectivity index (χ0) is 19.0. The maximum absolute atomic E-state index is 13.3. The van der Waals surface area contributed by atoms with Gasteiger partial charge in [-0.3, -0.25) is 9.59 Å². The Morgan fingerprint density at radius 3 is 2.85 bits per heavy atom. The van der Waals surface area contributed by atoms with Crippen LogP contribution in [0.5, 0.6) is 0 Å². The van der Waals surface area contributed by atoms with Crippen LogP contribution in [0.2, 0.25) is 0 Å². The maximum Gasteiger partial charge on any atom is 0.246 e. The first-order valence-electron chi connectivity index (χ1n) is 9.58.